The van der Waals surface area contributed by atoms with E-state index in [9.17, 15) is 9.90 Å². The van der Waals surface area contributed by atoms with Crippen LogP contribution >= 0.6 is 0 Å². The average molecular weight is 290 g/mol. The largest absolute Gasteiger partial charge is 0.457 e. The molecule has 0 bridgehead atoms. The predicted octanol–water partition coefficient (Wildman–Crippen LogP) is 1.12. The van der Waals surface area contributed by atoms with Gasteiger partial charge < -0.3 is 20.5 Å². The summed E-state index contributed by atoms with van der Waals surface area (Å²) in [5.41, 5.74) is 9.31. The number of ether oxygens (including phenoxy) is 1. The topological polar surface area (TPSA) is 75.8 Å². The summed E-state index contributed by atoms with van der Waals surface area (Å²) in [6, 6.07) is 3.91. The highest BCUT2D eigenvalue weighted by Gasteiger charge is 2.26. The lowest BCUT2D eigenvalue weighted by atomic mass is 9.95. The minimum Gasteiger partial charge on any atom is -0.457 e. The number of cyclic esters (lactones) is 1. The summed E-state index contributed by atoms with van der Waals surface area (Å²) in [5, 5.41) is 10.5. The number of carbonyl (C=O) groups is 1. The van der Waals surface area contributed by atoms with Gasteiger partial charge >= 0.3 is 5.97 Å². The minimum absolute atomic E-state index is 0.265. The standard InChI is InChI=1S/C16H22N2O3/c1-10-12(2-3-13-14(10)9-21-16(13)20)15(19)8-18-6-4-11(17)5-7-18/h2-3,11,15,19H,4-9,17H2,1H3/t15-/m0/s1. The minimum atomic E-state index is -0.541. The molecule has 5 nitrogen and oxygen atoms in total. The lowest BCUT2D eigenvalue weighted by Gasteiger charge is -2.32. The van der Waals surface area contributed by atoms with Crippen molar-refractivity contribution in [1.82, 2.24) is 4.90 Å². The fourth-order valence-corrected chi connectivity index (χ4v) is 3.21. The molecule has 114 valence electrons. The van der Waals surface area contributed by atoms with Crippen molar-refractivity contribution in [2.24, 2.45) is 5.73 Å². The van der Waals surface area contributed by atoms with Crippen LogP contribution in [0, 0.1) is 6.92 Å². The van der Waals surface area contributed by atoms with E-state index < -0.39 is 6.10 Å². The monoisotopic (exact) mass is 290 g/mol. The molecule has 1 fully saturated rings. The number of benzene rings is 1. The molecule has 2 aliphatic rings. The van der Waals surface area contributed by atoms with Gasteiger partial charge in [-0.25, -0.2) is 4.79 Å². The summed E-state index contributed by atoms with van der Waals surface area (Å²) < 4.78 is 5.06. The van der Waals surface area contributed by atoms with Crippen LogP contribution in [0.4, 0.5) is 0 Å². The lowest BCUT2D eigenvalue weighted by Crippen LogP contribution is -2.41. The van der Waals surface area contributed by atoms with Gasteiger partial charge in [0.15, 0.2) is 0 Å². The molecule has 0 unspecified atom stereocenters. The van der Waals surface area contributed by atoms with Crippen LogP contribution in [0.25, 0.3) is 0 Å². The lowest BCUT2D eigenvalue weighted by molar-refractivity contribution is 0.0535. The van der Waals surface area contributed by atoms with Gasteiger partial charge in [0.2, 0.25) is 0 Å². The molecular weight excluding hydrogens is 268 g/mol. The van der Waals surface area contributed by atoms with Crippen LogP contribution in [0.1, 0.15) is 46.0 Å². The zero-order chi connectivity index (χ0) is 15.0. The number of piperidine rings is 1. The Hall–Kier alpha value is -1.43. The molecule has 0 aromatic heterocycles. The molecule has 0 saturated carbocycles. The van der Waals surface area contributed by atoms with Crippen molar-refractivity contribution in [1.29, 1.82) is 0 Å². The van der Waals surface area contributed by atoms with Gasteiger partial charge in [0, 0.05) is 18.2 Å². The molecule has 0 spiro atoms. The van der Waals surface area contributed by atoms with E-state index in [0.717, 1.165) is 42.6 Å². The molecule has 21 heavy (non-hydrogen) atoms. The molecule has 3 rings (SSSR count). The maximum Gasteiger partial charge on any atom is 0.338 e. The quantitative estimate of drug-likeness (QED) is 0.816. The zero-order valence-corrected chi connectivity index (χ0v) is 12.3. The molecule has 2 heterocycles. The van der Waals surface area contributed by atoms with Crippen molar-refractivity contribution in [3.63, 3.8) is 0 Å². The van der Waals surface area contributed by atoms with Gasteiger partial charge in [0.1, 0.15) is 6.61 Å². The Bertz CT molecular complexity index is 551. The van der Waals surface area contributed by atoms with Crippen molar-refractivity contribution in [3.05, 3.63) is 34.4 Å². The van der Waals surface area contributed by atoms with Crippen LogP contribution in [0.5, 0.6) is 0 Å². The van der Waals surface area contributed by atoms with Gasteiger partial charge in [-0.1, -0.05) is 6.07 Å². The Labute approximate surface area is 124 Å². The number of nitrogens with zero attached hydrogens (tertiary/aromatic N) is 1. The first kappa shape index (κ1) is 14.5. The Morgan fingerprint density at radius 3 is 2.86 bits per heavy atom. The number of esters is 1. The van der Waals surface area contributed by atoms with Gasteiger partial charge in [-0.05, 0) is 50.0 Å². The molecular formula is C16H22N2O3. The van der Waals surface area contributed by atoms with E-state index in [0.29, 0.717) is 24.8 Å². The number of hydrogen-bond donors (Lipinski definition) is 2. The predicted molar refractivity (Wildman–Crippen MR) is 78.9 cm³/mol. The molecule has 1 aromatic rings. The van der Waals surface area contributed by atoms with Crippen LogP contribution < -0.4 is 5.73 Å². The fourth-order valence-electron chi connectivity index (χ4n) is 3.21. The van der Waals surface area contributed by atoms with Crippen molar-refractivity contribution in [3.8, 4) is 0 Å². The fraction of sp³-hybridized carbons (Fsp3) is 0.562. The number of hydrogen-bond acceptors (Lipinski definition) is 5. The van der Waals surface area contributed by atoms with E-state index in [1.807, 2.05) is 13.0 Å². The second kappa shape index (κ2) is 5.75. The van der Waals surface area contributed by atoms with Crippen LogP contribution in [-0.4, -0.2) is 41.7 Å². The van der Waals surface area contributed by atoms with Crippen molar-refractivity contribution >= 4 is 5.97 Å². The number of β-amino-alcohol motifs (C(OH)–C–C–N with tert-alkyl or cyclic N) is 1. The molecule has 0 aliphatic carbocycles. The molecule has 0 radical (unpaired) electrons. The number of rotatable bonds is 3. The molecule has 5 heteroatoms. The van der Waals surface area contributed by atoms with Gasteiger partial charge in [-0.3, -0.25) is 0 Å². The van der Waals surface area contributed by atoms with Crippen LogP contribution in [-0.2, 0) is 11.3 Å². The third-order valence-electron chi connectivity index (χ3n) is 4.63. The average Bonchev–Trinajstić information content (AvgIpc) is 2.84. The first-order valence-corrected chi connectivity index (χ1v) is 7.51. The van der Waals surface area contributed by atoms with E-state index >= 15 is 0 Å². The van der Waals surface area contributed by atoms with Crippen molar-refractivity contribution < 1.29 is 14.6 Å². The summed E-state index contributed by atoms with van der Waals surface area (Å²) in [6.45, 7) is 4.75. The van der Waals surface area contributed by atoms with E-state index in [2.05, 4.69) is 4.90 Å². The van der Waals surface area contributed by atoms with Gasteiger partial charge in [0.25, 0.3) is 0 Å². The number of nitrogens with two attached hydrogens (primary N) is 1. The Morgan fingerprint density at radius 2 is 2.14 bits per heavy atom. The number of carbonyl (C=O) groups excluding carboxylic acids is 1. The summed E-state index contributed by atoms with van der Waals surface area (Å²) in [5.74, 6) is -0.265. The van der Waals surface area contributed by atoms with Gasteiger partial charge in [0.05, 0.1) is 11.7 Å². The van der Waals surface area contributed by atoms with Gasteiger partial charge in [-0.15, -0.1) is 0 Å². The van der Waals surface area contributed by atoms with Crippen molar-refractivity contribution in [2.45, 2.75) is 38.5 Å². The zero-order valence-electron chi connectivity index (χ0n) is 12.3. The smallest absolute Gasteiger partial charge is 0.338 e. The number of likely N-dealkylation sites (tertiary alicyclic amines) is 1. The third-order valence-corrected chi connectivity index (χ3v) is 4.63. The number of fused-ring (bicyclic) bond motifs is 1. The maximum absolute atomic E-state index is 11.5. The summed E-state index contributed by atoms with van der Waals surface area (Å²) in [6.07, 6.45) is 1.43. The van der Waals surface area contributed by atoms with E-state index in [1.165, 1.54) is 0 Å². The van der Waals surface area contributed by atoms with Crippen LogP contribution in [0.3, 0.4) is 0 Å². The number of aliphatic hydroxyl groups excluding tert-OH is 1. The summed E-state index contributed by atoms with van der Waals surface area (Å²) in [7, 11) is 0. The molecule has 1 atom stereocenters. The second-order valence-electron chi connectivity index (χ2n) is 6.04. The van der Waals surface area contributed by atoms with Crippen LogP contribution in [0.2, 0.25) is 0 Å². The molecule has 3 N–H and O–H groups in total. The number of aliphatic hydroxyl groups is 1. The second-order valence-corrected chi connectivity index (χ2v) is 6.04. The third kappa shape index (κ3) is 2.81. The highest BCUT2D eigenvalue weighted by atomic mass is 16.5. The highest BCUT2D eigenvalue weighted by Crippen LogP contribution is 2.29. The normalized spacial score (nSPS) is 21.2. The molecule has 0 amide bonds. The van der Waals surface area contributed by atoms with E-state index in [-0.39, 0.29) is 5.97 Å². The molecule has 2 aliphatic heterocycles. The summed E-state index contributed by atoms with van der Waals surface area (Å²) >= 11 is 0. The highest BCUT2D eigenvalue weighted by molar-refractivity contribution is 5.93. The Morgan fingerprint density at radius 1 is 1.43 bits per heavy atom. The first-order valence-electron chi connectivity index (χ1n) is 7.51. The van der Waals surface area contributed by atoms with Crippen LogP contribution in [0.15, 0.2) is 12.1 Å². The Balaban J connectivity index is 1.73. The van der Waals surface area contributed by atoms with E-state index in [1.54, 1.807) is 6.07 Å². The van der Waals surface area contributed by atoms with Crippen molar-refractivity contribution in [2.75, 3.05) is 19.6 Å². The molecule has 1 saturated heterocycles. The Kier molecular flexibility index (Phi) is 3.97. The SMILES string of the molecule is Cc1c([C@@H](O)CN2CCC(N)CC2)ccc2c1COC2=O. The first-order chi connectivity index (χ1) is 10.1. The molecule has 1 aromatic carbocycles. The maximum atomic E-state index is 11.5. The summed E-state index contributed by atoms with van der Waals surface area (Å²) in [4.78, 5) is 13.8. The van der Waals surface area contributed by atoms with E-state index in [4.69, 9.17) is 10.5 Å². The van der Waals surface area contributed by atoms with Gasteiger partial charge in [-0.2, -0.15) is 0 Å².